The molecule has 0 aliphatic carbocycles. The fourth-order valence-electron chi connectivity index (χ4n) is 2.73. The van der Waals surface area contributed by atoms with Gasteiger partial charge in [0.05, 0.1) is 6.10 Å². The van der Waals surface area contributed by atoms with E-state index < -0.39 is 0 Å². The molecule has 1 fully saturated rings. The predicted octanol–water partition coefficient (Wildman–Crippen LogP) is 1.97. The average Bonchev–Trinajstić information content (AvgIpc) is 2.53. The maximum absolute atomic E-state index is 9.50. The molecule has 0 amide bonds. The van der Waals surface area contributed by atoms with E-state index in [1.807, 2.05) is 0 Å². The monoisotopic (exact) mass is 312 g/mol. The predicted molar refractivity (Wildman–Crippen MR) is 94.4 cm³/mol. The van der Waals surface area contributed by atoms with Crippen LogP contribution in [-0.2, 0) is 0 Å². The molecule has 130 valence electrons. The van der Waals surface area contributed by atoms with E-state index in [-0.39, 0.29) is 6.10 Å². The molecule has 0 aromatic carbocycles. The minimum Gasteiger partial charge on any atom is -0.393 e. The van der Waals surface area contributed by atoms with E-state index in [1.54, 1.807) is 0 Å². The van der Waals surface area contributed by atoms with Crippen molar-refractivity contribution < 1.29 is 5.11 Å². The summed E-state index contributed by atoms with van der Waals surface area (Å²) in [6, 6.07) is 0. The number of aliphatic hydroxyl groups is 1. The van der Waals surface area contributed by atoms with Crippen LogP contribution < -0.4 is 10.6 Å². The second kappa shape index (κ2) is 12.7. The summed E-state index contributed by atoms with van der Waals surface area (Å²) in [5, 5.41) is 16.2. The van der Waals surface area contributed by atoms with Gasteiger partial charge in [-0.25, -0.2) is 0 Å². The lowest BCUT2D eigenvalue weighted by Gasteiger charge is -2.29. The fourth-order valence-corrected chi connectivity index (χ4v) is 2.73. The highest BCUT2D eigenvalue weighted by Crippen LogP contribution is 2.09. The first-order valence-electron chi connectivity index (χ1n) is 9.18. The summed E-state index contributed by atoms with van der Waals surface area (Å²) < 4.78 is 0. The molecule has 1 aliphatic rings. The number of likely N-dealkylation sites (tertiary alicyclic amines) is 1. The highest BCUT2D eigenvalue weighted by Gasteiger charge is 2.15. The Bertz CT molecular complexity index is 288. The summed E-state index contributed by atoms with van der Waals surface area (Å²) in [6.45, 7) is 10.3. The molecule has 0 atom stereocenters. The number of nitrogens with zero attached hydrogens (tertiary/aromatic N) is 2. The highest BCUT2D eigenvalue weighted by atomic mass is 16.3. The Morgan fingerprint density at radius 2 is 1.86 bits per heavy atom. The second-order valence-electron chi connectivity index (χ2n) is 6.17. The topological polar surface area (TPSA) is 59.9 Å². The van der Waals surface area contributed by atoms with Crippen LogP contribution in [0.1, 0.15) is 58.8 Å². The van der Waals surface area contributed by atoms with Gasteiger partial charge in [0, 0.05) is 32.7 Å². The van der Waals surface area contributed by atoms with Crippen LogP contribution in [0.3, 0.4) is 0 Å². The van der Waals surface area contributed by atoms with E-state index >= 15 is 0 Å². The first-order valence-corrected chi connectivity index (χ1v) is 9.18. The van der Waals surface area contributed by atoms with E-state index in [0.717, 1.165) is 64.5 Å². The molecule has 0 spiro atoms. The minimum absolute atomic E-state index is 0.0773. The Morgan fingerprint density at radius 1 is 1.09 bits per heavy atom. The van der Waals surface area contributed by atoms with E-state index in [9.17, 15) is 5.11 Å². The number of hydrogen-bond donors (Lipinski definition) is 3. The first-order chi connectivity index (χ1) is 10.8. The molecule has 3 N–H and O–H groups in total. The van der Waals surface area contributed by atoms with Crippen LogP contribution in [0, 0.1) is 0 Å². The summed E-state index contributed by atoms with van der Waals surface area (Å²) in [4.78, 5) is 7.09. The van der Waals surface area contributed by atoms with Gasteiger partial charge in [-0.1, -0.05) is 26.2 Å². The van der Waals surface area contributed by atoms with Gasteiger partial charge in [-0.15, -0.1) is 0 Å². The van der Waals surface area contributed by atoms with Crippen molar-refractivity contribution in [1.82, 2.24) is 15.5 Å². The van der Waals surface area contributed by atoms with Gasteiger partial charge in [0.25, 0.3) is 0 Å². The molecule has 0 saturated carbocycles. The standard InChI is InChI=1S/C17H36N4O/c1-3-5-6-7-11-19-17(18-4-2)20-12-8-13-21-14-9-16(22)10-15-21/h16,22H,3-15H2,1-2H3,(H2,18,19,20). The summed E-state index contributed by atoms with van der Waals surface area (Å²) in [7, 11) is 0. The molecule has 0 unspecified atom stereocenters. The first kappa shape index (κ1) is 19.2. The summed E-state index contributed by atoms with van der Waals surface area (Å²) in [5.41, 5.74) is 0. The molecule has 1 aliphatic heterocycles. The molecular weight excluding hydrogens is 276 g/mol. The van der Waals surface area contributed by atoms with Crippen molar-refractivity contribution in [3.63, 3.8) is 0 Å². The van der Waals surface area contributed by atoms with Crippen LogP contribution in [0.5, 0.6) is 0 Å². The highest BCUT2D eigenvalue weighted by molar-refractivity contribution is 5.79. The van der Waals surface area contributed by atoms with Crippen molar-refractivity contribution >= 4 is 5.96 Å². The molecule has 0 radical (unpaired) electrons. The van der Waals surface area contributed by atoms with Crippen LogP contribution in [0.15, 0.2) is 4.99 Å². The van der Waals surface area contributed by atoms with Gasteiger partial charge in [0.1, 0.15) is 0 Å². The number of unbranched alkanes of at least 4 members (excludes halogenated alkanes) is 3. The molecular formula is C17H36N4O. The third kappa shape index (κ3) is 9.26. The Labute approximate surface area is 136 Å². The number of aliphatic imine (C=N–C) groups is 1. The zero-order valence-electron chi connectivity index (χ0n) is 14.6. The number of hydrogen-bond acceptors (Lipinski definition) is 3. The molecule has 5 heteroatoms. The Hall–Kier alpha value is -0.810. The Balaban J connectivity index is 2.12. The Kier molecular flexibility index (Phi) is 11.1. The summed E-state index contributed by atoms with van der Waals surface area (Å²) in [5.74, 6) is 0.952. The van der Waals surface area contributed by atoms with Gasteiger partial charge in [-0.2, -0.15) is 0 Å². The van der Waals surface area contributed by atoms with Crippen LogP contribution in [0.2, 0.25) is 0 Å². The third-order valence-electron chi connectivity index (χ3n) is 4.13. The van der Waals surface area contributed by atoms with Crippen LogP contribution in [0.25, 0.3) is 0 Å². The number of piperidine rings is 1. The van der Waals surface area contributed by atoms with Crippen LogP contribution in [-0.4, -0.2) is 61.3 Å². The van der Waals surface area contributed by atoms with E-state index in [0.29, 0.717) is 0 Å². The SMILES string of the molecule is CCCCCCNC(=NCCCN1CCC(O)CC1)NCC. The van der Waals surface area contributed by atoms with Crippen molar-refractivity contribution in [2.75, 3.05) is 39.3 Å². The number of rotatable bonds is 10. The molecule has 1 rings (SSSR count). The zero-order chi connectivity index (χ0) is 16.0. The van der Waals surface area contributed by atoms with E-state index in [2.05, 4.69) is 34.4 Å². The molecule has 22 heavy (non-hydrogen) atoms. The van der Waals surface area contributed by atoms with Gasteiger partial charge in [0.2, 0.25) is 0 Å². The lowest BCUT2D eigenvalue weighted by atomic mass is 10.1. The molecule has 0 aromatic heterocycles. The van der Waals surface area contributed by atoms with Crippen LogP contribution >= 0.6 is 0 Å². The molecule has 0 bridgehead atoms. The van der Waals surface area contributed by atoms with Crippen molar-refractivity contribution in [1.29, 1.82) is 0 Å². The molecule has 1 saturated heterocycles. The van der Waals surface area contributed by atoms with Crippen LogP contribution in [0.4, 0.5) is 0 Å². The fraction of sp³-hybridized carbons (Fsp3) is 0.941. The van der Waals surface area contributed by atoms with Crippen molar-refractivity contribution in [2.45, 2.75) is 64.9 Å². The largest absolute Gasteiger partial charge is 0.393 e. The summed E-state index contributed by atoms with van der Waals surface area (Å²) >= 11 is 0. The molecule has 5 nitrogen and oxygen atoms in total. The normalized spacial score (nSPS) is 17.7. The van der Waals surface area contributed by atoms with Gasteiger partial charge in [-0.05, 0) is 39.2 Å². The Morgan fingerprint density at radius 3 is 2.55 bits per heavy atom. The smallest absolute Gasteiger partial charge is 0.191 e. The van der Waals surface area contributed by atoms with E-state index in [4.69, 9.17) is 0 Å². The van der Waals surface area contributed by atoms with E-state index in [1.165, 1.54) is 25.7 Å². The van der Waals surface area contributed by atoms with Crippen molar-refractivity contribution in [2.24, 2.45) is 4.99 Å². The maximum atomic E-state index is 9.50. The van der Waals surface area contributed by atoms with Gasteiger partial charge in [0.15, 0.2) is 5.96 Å². The van der Waals surface area contributed by atoms with Gasteiger partial charge in [-0.3, -0.25) is 4.99 Å². The number of guanidine groups is 1. The van der Waals surface area contributed by atoms with Gasteiger partial charge < -0.3 is 20.6 Å². The quantitative estimate of drug-likeness (QED) is 0.328. The summed E-state index contributed by atoms with van der Waals surface area (Å²) in [6.07, 6.45) is 7.96. The maximum Gasteiger partial charge on any atom is 0.191 e. The van der Waals surface area contributed by atoms with Crippen molar-refractivity contribution in [3.8, 4) is 0 Å². The second-order valence-corrected chi connectivity index (χ2v) is 6.17. The lowest BCUT2D eigenvalue weighted by Crippen LogP contribution is -2.38. The number of aliphatic hydroxyl groups excluding tert-OH is 1. The zero-order valence-corrected chi connectivity index (χ0v) is 14.6. The third-order valence-corrected chi connectivity index (χ3v) is 4.13. The molecule has 1 heterocycles. The number of nitrogens with one attached hydrogen (secondary N) is 2. The van der Waals surface area contributed by atoms with Crippen molar-refractivity contribution in [3.05, 3.63) is 0 Å². The minimum atomic E-state index is -0.0773. The molecule has 0 aromatic rings. The average molecular weight is 313 g/mol. The lowest BCUT2D eigenvalue weighted by molar-refractivity contribution is 0.0824. The van der Waals surface area contributed by atoms with Gasteiger partial charge >= 0.3 is 0 Å².